The van der Waals surface area contributed by atoms with E-state index in [1.54, 1.807) is 0 Å². The molecule has 1 aliphatic rings. The lowest BCUT2D eigenvalue weighted by Crippen LogP contribution is -2.30. The Morgan fingerprint density at radius 2 is 1.88 bits per heavy atom. The van der Waals surface area contributed by atoms with Gasteiger partial charge in [-0.3, -0.25) is 0 Å². The molecule has 17 heavy (non-hydrogen) atoms. The molecule has 0 aromatic heterocycles. The van der Waals surface area contributed by atoms with Gasteiger partial charge in [0.05, 0.1) is 5.54 Å². The fraction of sp³-hybridized carbons (Fsp3) is 0.600. The smallest absolute Gasteiger partial charge is 0.0513 e. The summed E-state index contributed by atoms with van der Waals surface area (Å²) >= 11 is 1.88. The molecule has 0 aromatic rings. The molecular weight excluding hydrogens is 226 g/mol. The average molecular weight is 251 g/mol. The molecule has 1 rings (SSSR count). The van der Waals surface area contributed by atoms with Crippen molar-refractivity contribution in [1.82, 2.24) is 0 Å². The van der Waals surface area contributed by atoms with Crippen LogP contribution in [0.15, 0.2) is 34.8 Å². The summed E-state index contributed by atoms with van der Waals surface area (Å²) in [7, 11) is 0. The highest BCUT2D eigenvalue weighted by Crippen LogP contribution is 2.34. The predicted molar refractivity (Wildman–Crippen MR) is 80.1 cm³/mol. The minimum atomic E-state index is -0.347. The van der Waals surface area contributed by atoms with Crippen molar-refractivity contribution >= 4 is 11.8 Å². The monoisotopic (exact) mass is 251 g/mol. The van der Waals surface area contributed by atoms with E-state index in [1.807, 2.05) is 18.7 Å². The fourth-order valence-corrected chi connectivity index (χ4v) is 2.74. The Morgan fingerprint density at radius 1 is 1.29 bits per heavy atom. The van der Waals surface area contributed by atoms with Gasteiger partial charge in [-0.05, 0) is 30.1 Å². The second kappa shape index (κ2) is 5.03. The van der Waals surface area contributed by atoms with Gasteiger partial charge in [0.2, 0.25) is 0 Å². The highest BCUT2D eigenvalue weighted by atomic mass is 32.2. The predicted octanol–water partition coefficient (Wildman–Crippen LogP) is 4.27. The van der Waals surface area contributed by atoms with Crippen molar-refractivity contribution in [3.63, 3.8) is 0 Å². The summed E-state index contributed by atoms with van der Waals surface area (Å²) in [5.41, 5.74) is 7.39. The van der Waals surface area contributed by atoms with Crippen LogP contribution >= 0.6 is 11.8 Å². The topological polar surface area (TPSA) is 26.0 Å². The largest absolute Gasteiger partial charge is 0.319 e. The number of hydrogen-bond donors (Lipinski definition) is 1. The Hall–Kier alpha value is -0.470. The fourth-order valence-electron chi connectivity index (χ4n) is 1.67. The van der Waals surface area contributed by atoms with Crippen LogP contribution in [0.25, 0.3) is 0 Å². The van der Waals surface area contributed by atoms with E-state index in [0.29, 0.717) is 5.25 Å². The van der Waals surface area contributed by atoms with Crippen molar-refractivity contribution in [3.05, 3.63) is 34.8 Å². The highest BCUT2D eigenvalue weighted by molar-refractivity contribution is 8.03. The van der Waals surface area contributed by atoms with Gasteiger partial charge in [0.25, 0.3) is 0 Å². The third-order valence-corrected chi connectivity index (χ3v) is 3.59. The minimum Gasteiger partial charge on any atom is -0.319 e. The summed E-state index contributed by atoms with van der Waals surface area (Å²) in [6, 6.07) is 0. The van der Waals surface area contributed by atoms with Crippen molar-refractivity contribution < 1.29 is 0 Å². The third kappa shape index (κ3) is 4.72. The maximum atomic E-state index is 6.24. The normalized spacial score (nSPS) is 25.6. The van der Waals surface area contributed by atoms with Crippen molar-refractivity contribution in [2.75, 3.05) is 0 Å². The molecule has 0 saturated carbocycles. The second-order valence-corrected chi connectivity index (χ2v) is 7.91. The molecule has 1 aliphatic carbocycles. The van der Waals surface area contributed by atoms with Crippen molar-refractivity contribution in [1.29, 1.82) is 0 Å². The SMILES string of the molecule is CC(C)SC1=CC(C)(N)C=CC(C(C)(C)C)=C1. The Labute approximate surface area is 110 Å². The maximum absolute atomic E-state index is 6.24. The summed E-state index contributed by atoms with van der Waals surface area (Å²) in [6.45, 7) is 13.2. The molecule has 0 aromatic carbocycles. The number of thioether (sulfide) groups is 1. The van der Waals surface area contributed by atoms with Gasteiger partial charge in [-0.2, -0.15) is 0 Å². The zero-order chi connectivity index (χ0) is 13.3. The van der Waals surface area contributed by atoms with Crippen LogP contribution in [0.4, 0.5) is 0 Å². The first-order valence-electron chi connectivity index (χ1n) is 6.20. The van der Waals surface area contributed by atoms with Crippen molar-refractivity contribution in [2.45, 2.75) is 52.3 Å². The quantitative estimate of drug-likeness (QED) is 0.793. The van der Waals surface area contributed by atoms with Crippen LogP contribution in [0.3, 0.4) is 0 Å². The van der Waals surface area contributed by atoms with Gasteiger partial charge in [0.15, 0.2) is 0 Å². The van der Waals surface area contributed by atoms with E-state index >= 15 is 0 Å². The van der Waals surface area contributed by atoms with Gasteiger partial charge in [-0.15, -0.1) is 11.8 Å². The van der Waals surface area contributed by atoms with Crippen LogP contribution in [-0.2, 0) is 0 Å². The standard InChI is InChI=1S/C15H25NS/c1-11(2)17-13-9-12(14(3,4)5)7-8-15(6,16)10-13/h7-11H,16H2,1-6H3. The molecule has 2 heteroatoms. The van der Waals surface area contributed by atoms with Gasteiger partial charge in [0, 0.05) is 10.2 Å². The lowest BCUT2D eigenvalue weighted by molar-refractivity contribution is 0.516. The first-order chi connectivity index (χ1) is 7.60. The molecule has 0 heterocycles. The number of nitrogens with two attached hydrogens (primary N) is 1. The zero-order valence-electron chi connectivity index (χ0n) is 11.9. The van der Waals surface area contributed by atoms with E-state index in [-0.39, 0.29) is 11.0 Å². The minimum absolute atomic E-state index is 0.160. The number of rotatable bonds is 2. The van der Waals surface area contributed by atoms with Gasteiger partial charge < -0.3 is 5.73 Å². The number of hydrogen-bond acceptors (Lipinski definition) is 2. The lowest BCUT2D eigenvalue weighted by Gasteiger charge is -2.20. The Bertz CT molecular complexity index is 365. The number of allylic oxidation sites excluding steroid dienone is 3. The summed E-state index contributed by atoms with van der Waals surface area (Å²) < 4.78 is 0. The molecule has 1 nitrogen and oxygen atoms in total. The maximum Gasteiger partial charge on any atom is 0.0513 e. The van der Waals surface area contributed by atoms with Crippen LogP contribution in [-0.4, -0.2) is 10.8 Å². The van der Waals surface area contributed by atoms with Crippen LogP contribution < -0.4 is 5.73 Å². The van der Waals surface area contributed by atoms with Crippen LogP contribution in [0.5, 0.6) is 0 Å². The molecular formula is C15H25NS. The van der Waals surface area contributed by atoms with E-state index in [4.69, 9.17) is 5.73 Å². The molecule has 1 unspecified atom stereocenters. The van der Waals surface area contributed by atoms with Crippen LogP contribution in [0.1, 0.15) is 41.5 Å². The third-order valence-electron chi connectivity index (χ3n) is 2.61. The Morgan fingerprint density at radius 3 is 2.35 bits per heavy atom. The summed E-state index contributed by atoms with van der Waals surface area (Å²) in [6.07, 6.45) is 8.70. The summed E-state index contributed by atoms with van der Waals surface area (Å²) in [5, 5.41) is 0.576. The Balaban J connectivity index is 3.12. The average Bonchev–Trinajstić information content (AvgIpc) is 2.21. The van der Waals surface area contributed by atoms with E-state index in [2.05, 4.69) is 58.9 Å². The molecule has 0 aliphatic heterocycles. The highest BCUT2D eigenvalue weighted by Gasteiger charge is 2.21. The zero-order valence-corrected chi connectivity index (χ0v) is 12.7. The van der Waals surface area contributed by atoms with Gasteiger partial charge >= 0.3 is 0 Å². The van der Waals surface area contributed by atoms with E-state index in [9.17, 15) is 0 Å². The van der Waals surface area contributed by atoms with E-state index < -0.39 is 0 Å². The molecule has 0 bridgehead atoms. The Kier molecular flexibility index (Phi) is 4.32. The van der Waals surface area contributed by atoms with Gasteiger partial charge in [-0.1, -0.05) is 46.8 Å². The molecule has 0 radical (unpaired) electrons. The molecule has 0 fully saturated rings. The van der Waals surface area contributed by atoms with Crippen LogP contribution in [0.2, 0.25) is 0 Å². The molecule has 96 valence electrons. The van der Waals surface area contributed by atoms with Crippen LogP contribution in [0, 0.1) is 5.41 Å². The first-order valence-corrected chi connectivity index (χ1v) is 7.08. The molecule has 2 N–H and O–H groups in total. The lowest BCUT2D eigenvalue weighted by atomic mass is 9.86. The van der Waals surface area contributed by atoms with Gasteiger partial charge in [-0.25, -0.2) is 0 Å². The molecule has 0 spiro atoms. The summed E-state index contributed by atoms with van der Waals surface area (Å²) in [4.78, 5) is 1.28. The molecule has 0 saturated heterocycles. The van der Waals surface area contributed by atoms with Crippen molar-refractivity contribution in [3.8, 4) is 0 Å². The second-order valence-electron chi connectivity index (χ2n) is 6.26. The van der Waals surface area contributed by atoms with E-state index in [0.717, 1.165) is 0 Å². The summed E-state index contributed by atoms with van der Waals surface area (Å²) in [5.74, 6) is 0. The molecule has 1 atom stereocenters. The van der Waals surface area contributed by atoms with E-state index in [1.165, 1.54) is 10.5 Å². The van der Waals surface area contributed by atoms with Crippen molar-refractivity contribution in [2.24, 2.45) is 11.1 Å². The molecule has 0 amide bonds. The van der Waals surface area contributed by atoms with Gasteiger partial charge in [0.1, 0.15) is 0 Å². The first kappa shape index (κ1) is 14.6.